The molecule has 0 unspecified atom stereocenters. The van der Waals surface area contributed by atoms with Crippen molar-refractivity contribution in [3.05, 3.63) is 99.7 Å². The van der Waals surface area contributed by atoms with Crippen LogP contribution in [-0.2, 0) is 11.4 Å². The number of carboxylic acid groups (broad SMARTS) is 1. The van der Waals surface area contributed by atoms with Crippen LogP contribution in [0.4, 0.5) is 0 Å². The fraction of sp³-hybridized carbons (Fsp3) is 0.120. The lowest BCUT2D eigenvalue weighted by Gasteiger charge is -2.13. The van der Waals surface area contributed by atoms with Crippen molar-refractivity contribution in [1.82, 2.24) is 5.32 Å². The van der Waals surface area contributed by atoms with E-state index in [4.69, 9.17) is 9.47 Å². The van der Waals surface area contributed by atoms with Crippen LogP contribution >= 0.6 is 15.9 Å². The number of rotatable bonds is 9. The van der Waals surface area contributed by atoms with Crippen molar-refractivity contribution in [2.75, 3.05) is 6.61 Å². The van der Waals surface area contributed by atoms with Gasteiger partial charge in [-0.05, 0) is 60.5 Å². The lowest BCUT2D eigenvalue weighted by molar-refractivity contribution is -0.132. The number of aliphatic carboxylic acids is 1. The van der Waals surface area contributed by atoms with E-state index in [0.717, 1.165) is 10.0 Å². The molecule has 0 aromatic heterocycles. The van der Waals surface area contributed by atoms with Crippen LogP contribution in [0.3, 0.4) is 0 Å². The van der Waals surface area contributed by atoms with Gasteiger partial charge in [-0.15, -0.1) is 0 Å². The Hall–Kier alpha value is -3.58. The van der Waals surface area contributed by atoms with Crippen molar-refractivity contribution in [3.63, 3.8) is 0 Å². The predicted molar refractivity (Wildman–Crippen MR) is 126 cm³/mol. The number of nitrogens with one attached hydrogen (secondary N) is 1. The molecule has 0 spiro atoms. The van der Waals surface area contributed by atoms with Gasteiger partial charge in [0.15, 0.2) is 11.5 Å². The quantitative estimate of drug-likeness (QED) is 0.394. The summed E-state index contributed by atoms with van der Waals surface area (Å²) in [7, 11) is 0. The third kappa shape index (κ3) is 6.46. The number of halogens is 1. The van der Waals surface area contributed by atoms with Crippen molar-refractivity contribution in [2.45, 2.75) is 13.5 Å². The lowest BCUT2D eigenvalue weighted by atomic mass is 10.1. The molecule has 0 aliphatic heterocycles. The maximum atomic E-state index is 12.4. The summed E-state index contributed by atoms with van der Waals surface area (Å²) in [5.41, 5.74) is 1.66. The Morgan fingerprint density at radius 1 is 0.969 bits per heavy atom. The standard InChI is InChI=1S/C25H22BrNO5/c1-2-31-23-15-17(11-12-22(23)32-16-18-7-6-10-20(26)13-18)14-21(25(29)30)27-24(28)19-8-4-3-5-9-19/h3-15H,2,16H2,1H3,(H,27,28)(H,29,30)/b21-14+. The van der Waals surface area contributed by atoms with Crippen molar-refractivity contribution in [1.29, 1.82) is 0 Å². The van der Waals surface area contributed by atoms with Crippen LogP contribution in [0.1, 0.15) is 28.4 Å². The van der Waals surface area contributed by atoms with E-state index in [2.05, 4.69) is 21.2 Å². The van der Waals surface area contributed by atoms with Gasteiger partial charge in [-0.3, -0.25) is 4.79 Å². The van der Waals surface area contributed by atoms with Crippen LogP contribution in [0.5, 0.6) is 11.5 Å². The van der Waals surface area contributed by atoms with Gasteiger partial charge in [0.25, 0.3) is 5.91 Å². The zero-order valence-electron chi connectivity index (χ0n) is 17.4. The fourth-order valence-electron chi connectivity index (χ4n) is 2.89. The Balaban J connectivity index is 1.80. The first-order valence-electron chi connectivity index (χ1n) is 9.91. The molecule has 6 nitrogen and oxygen atoms in total. The van der Waals surface area contributed by atoms with Crippen LogP contribution in [0.2, 0.25) is 0 Å². The molecule has 0 aliphatic rings. The van der Waals surface area contributed by atoms with Crippen LogP contribution in [0.15, 0.2) is 83.0 Å². The van der Waals surface area contributed by atoms with E-state index in [1.54, 1.807) is 48.5 Å². The minimum atomic E-state index is -1.25. The summed E-state index contributed by atoms with van der Waals surface area (Å²) in [6, 6.07) is 21.3. The highest BCUT2D eigenvalue weighted by Gasteiger charge is 2.14. The number of carboxylic acids is 1. The minimum absolute atomic E-state index is 0.246. The van der Waals surface area contributed by atoms with E-state index >= 15 is 0 Å². The van der Waals surface area contributed by atoms with Gasteiger partial charge >= 0.3 is 5.97 Å². The molecule has 1 amide bonds. The van der Waals surface area contributed by atoms with Gasteiger partial charge in [-0.2, -0.15) is 0 Å². The van der Waals surface area contributed by atoms with Crippen LogP contribution in [-0.4, -0.2) is 23.6 Å². The van der Waals surface area contributed by atoms with Gasteiger partial charge in [0.1, 0.15) is 12.3 Å². The molecule has 3 aromatic carbocycles. The molecule has 0 aliphatic carbocycles. The summed E-state index contributed by atoms with van der Waals surface area (Å²) < 4.78 is 12.6. The van der Waals surface area contributed by atoms with Gasteiger partial charge in [0, 0.05) is 10.0 Å². The van der Waals surface area contributed by atoms with E-state index in [1.807, 2.05) is 31.2 Å². The summed E-state index contributed by atoms with van der Waals surface area (Å²) in [5, 5.41) is 12.0. The molecular weight excluding hydrogens is 474 g/mol. The Morgan fingerprint density at radius 3 is 2.44 bits per heavy atom. The number of hydrogen-bond donors (Lipinski definition) is 2. The number of ether oxygens (including phenoxy) is 2. The molecule has 2 N–H and O–H groups in total. The second-order valence-corrected chi connectivity index (χ2v) is 7.66. The van der Waals surface area contributed by atoms with Gasteiger partial charge in [-0.1, -0.05) is 52.3 Å². The maximum absolute atomic E-state index is 12.4. The zero-order chi connectivity index (χ0) is 22.9. The van der Waals surface area contributed by atoms with Gasteiger partial charge in [-0.25, -0.2) is 4.79 Å². The number of carbonyl (C=O) groups is 2. The van der Waals surface area contributed by atoms with Crippen molar-refractivity contribution in [2.24, 2.45) is 0 Å². The Morgan fingerprint density at radius 2 is 1.75 bits per heavy atom. The zero-order valence-corrected chi connectivity index (χ0v) is 19.0. The third-order valence-electron chi connectivity index (χ3n) is 4.38. The second-order valence-electron chi connectivity index (χ2n) is 6.74. The normalized spacial score (nSPS) is 11.0. The molecule has 0 radical (unpaired) electrons. The Kier molecular flexibility index (Phi) is 8.05. The fourth-order valence-corrected chi connectivity index (χ4v) is 3.34. The number of carbonyl (C=O) groups excluding carboxylic acids is 1. The molecule has 3 aromatic rings. The monoisotopic (exact) mass is 495 g/mol. The topological polar surface area (TPSA) is 84.9 Å². The molecule has 164 valence electrons. The smallest absolute Gasteiger partial charge is 0.352 e. The lowest BCUT2D eigenvalue weighted by Crippen LogP contribution is -2.27. The SMILES string of the molecule is CCOc1cc(/C=C(/NC(=O)c2ccccc2)C(=O)O)ccc1OCc1cccc(Br)c1. The molecule has 3 rings (SSSR count). The molecule has 0 fully saturated rings. The van der Waals surface area contributed by atoms with Gasteiger partial charge in [0.2, 0.25) is 0 Å². The molecule has 7 heteroatoms. The molecule has 0 bridgehead atoms. The number of benzene rings is 3. The van der Waals surface area contributed by atoms with E-state index in [9.17, 15) is 14.7 Å². The Labute approximate surface area is 194 Å². The summed E-state index contributed by atoms with van der Waals surface area (Å²) in [5.74, 6) is -0.731. The minimum Gasteiger partial charge on any atom is -0.490 e. The van der Waals surface area contributed by atoms with Gasteiger partial charge < -0.3 is 19.9 Å². The van der Waals surface area contributed by atoms with E-state index in [0.29, 0.717) is 35.8 Å². The first-order valence-corrected chi connectivity index (χ1v) is 10.7. The van der Waals surface area contributed by atoms with E-state index in [1.165, 1.54) is 6.08 Å². The highest BCUT2D eigenvalue weighted by molar-refractivity contribution is 9.10. The van der Waals surface area contributed by atoms with Crippen LogP contribution in [0, 0.1) is 0 Å². The van der Waals surface area contributed by atoms with Crippen LogP contribution in [0.25, 0.3) is 6.08 Å². The number of amides is 1. The molecular formula is C25H22BrNO5. The first-order chi connectivity index (χ1) is 15.5. The average Bonchev–Trinajstić information content (AvgIpc) is 2.79. The van der Waals surface area contributed by atoms with Crippen molar-refractivity contribution in [3.8, 4) is 11.5 Å². The Bertz CT molecular complexity index is 1130. The number of hydrogen-bond acceptors (Lipinski definition) is 4. The largest absolute Gasteiger partial charge is 0.490 e. The van der Waals surface area contributed by atoms with E-state index in [-0.39, 0.29) is 5.70 Å². The summed E-state index contributed by atoms with van der Waals surface area (Å²) in [6.45, 7) is 2.61. The molecule has 0 heterocycles. The molecule has 0 atom stereocenters. The molecule has 0 saturated carbocycles. The van der Waals surface area contributed by atoms with E-state index < -0.39 is 11.9 Å². The summed E-state index contributed by atoms with van der Waals surface area (Å²) >= 11 is 3.44. The molecule has 32 heavy (non-hydrogen) atoms. The van der Waals surface area contributed by atoms with Crippen molar-refractivity contribution >= 4 is 33.9 Å². The highest BCUT2D eigenvalue weighted by atomic mass is 79.9. The maximum Gasteiger partial charge on any atom is 0.352 e. The third-order valence-corrected chi connectivity index (χ3v) is 4.87. The predicted octanol–water partition coefficient (Wildman–Crippen LogP) is 5.28. The van der Waals surface area contributed by atoms with Crippen molar-refractivity contribution < 1.29 is 24.2 Å². The van der Waals surface area contributed by atoms with Gasteiger partial charge in [0.05, 0.1) is 6.61 Å². The summed E-state index contributed by atoms with van der Waals surface area (Å²) in [4.78, 5) is 24.0. The van der Waals surface area contributed by atoms with Crippen LogP contribution < -0.4 is 14.8 Å². The summed E-state index contributed by atoms with van der Waals surface area (Å²) in [6.07, 6.45) is 1.38. The molecule has 0 saturated heterocycles. The second kappa shape index (κ2) is 11.2. The average molecular weight is 496 g/mol. The highest BCUT2D eigenvalue weighted by Crippen LogP contribution is 2.30. The first kappa shape index (κ1) is 23.1.